The Morgan fingerprint density at radius 3 is 2.36 bits per heavy atom. The molecule has 6 rings (SSSR count). The van der Waals surface area contributed by atoms with Crippen LogP contribution in [0.15, 0.2) is 42.5 Å². The second-order valence-electron chi connectivity index (χ2n) is 10.6. The van der Waals surface area contributed by atoms with Crippen molar-refractivity contribution in [2.75, 3.05) is 13.1 Å². The minimum absolute atomic E-state index is 0.145. The lowest BCUT2D eigenvalue weighted by Gasteiger charge is -2.29. The van der Waals surface area contributed by atoms with Gasteiger partial charge in [0.05, 0.1) is 11.7 Å². The van der Waals surface area contributed by atoms with E-state index in [-0.39, 0.29) is 36.2 Å². The highest BCUT2D eigenvalue weighted by molar-refractivity contribution is 6.05. The van der Waals surface area contributed by atoms with E-state index < -0.39 is 17.8 Å². The fourth-order valence-corrected chi connectivity index (χ4v) is 5.49. The zero-order chi connectivity index (χ0) is 27.6. The maximum absolute atomic E-state index is 12.6. The smallest absolute Gasteiger partial charge is 0.416 e. The molecule has 208 valence electrons. The first kappa shape index (κ1) is 27.2. The maximum Gasteiger partial charge on any atom is 0.416 e. The molecule has 1 aliphatic carbocycles. The molecule has 2 aromatic carbocycles. The lowest BCUT2D eigenvalue weighted by molar-refractivity contribution is -0.138. The van der Waals surface area contributed by atoms with Crippen molar-refractivity contribution in [3.05, 3.63) is 64.7 Å². The van der Waals surface area contributed by atoms with E-state index in [0.717, 1.165) is 48.9 Å². The first-order valence-corrected chi connectivity index (χ1v) is 13.5. The number of hydrogen-bond donors (Lipinski definition) is 2. The molecule has 2 N–H and O–H groups in total. The molecular weight excluding hydrogens is 511 g/mol. The second kappa shape index (κ2) is 11.4. The van der Waals surface area contributed by atoms with Gasteiger partial charge in [-0.25, -0.2) is 0 Å². The molecule has 10 heteroatoms. The van der Waals surface area contributed by atoms with Crippen LogP contribution in [0.25, 0.3) is 0 Å². The monoisotopic (exact) mass is 543 g/mol. The fraction of sp³-hybridized carbons (Fsp3) is 0.483. The van der Waals surface area contributed by atoms with Gasteiger partial charge in [-0.15, -0.1) is 0 Å². The van der Waals surface area contributed by atoms with E-state index in [1.807, 2.05) is 12.1 Å². The molecule has 2 aromatic rings. The summed E-state index contributed by atoms with van der Waals surface area (Å²) in [4.78, 5) is 37.6. The molecular formula is C29H32F3N3O4. The molecule has 0 aromatic heterocycles. The third kappa shape index (κ3) is 6.27. The highest BCUT2D eigenvalue weighted by atomic mass is 19.4. The van der Waals surface area contributed by atoms with Crippen molar-refractivity contribution in [3.63, 3.8) is 0 Å². The van der Waals surface area contributed by atoms with Crippen LogP contribution in [0.2, 0.25) is 0 Å². The van der Waals surface area contributed by atoms with E-state index in [9.17, 15) is 27.6 Å². The minimum Gasteiger partial charge on any atom is -0.490 e. The number of halogens is 3. The molecule has 4 aliphatic rings. The number of amides is 3. The van der Waals surface area contributed by atoms with Gasteiger partial charge in [-0.05, 0) is 67.5 Å². The van der Waals surface area contributed by atoms with Gasteiger partial charge in [-0.3, -0.25) is 19.7 Å². The number of hydrogen-bond acceptors (Lipinski definition) is 5. The minimum atomic E-state index is -4.23. The molecule has 3 aliphatic heterocycles. The largest absolute Gasteiger partial charge is 0.490 e. The Labute approximate surface area is 225 Å². The van der Waals surface area contributed by atoms with Crippen molar-refractivity contribution in [1.82, 2.24) is 15.5 Å². The normalized spacial score (nSPS) is 22.0. The molecule has 0 bridgehead atoms. The summed E-state index contributed by atoms with van der Waals surface area (Å²) in [5, 5.41) is 5.36. The summed E-state index contributed by atoms with van der Waals surface area (Å²) in [5.41, 5.74) is 1.74. The van der Waals surface area contributed by atoms with Gasteiger partial charge < -0.3 is 15.0 Å². The average Bonchev–Trinajstić information content (AvgIpc) is 3.19. The number of carbonyl (C=O) groups is 3. The topological polar surface area (TPSA) is 87.7 Å². The van der Waals surface area contributed by atoms with Crippen molar-refractivity contribution in [2.24, 2.45) is 0 Å². The lowest BCUT2D eigenvalue weighted by atomic mass is 9.92. The summed E-state index contributed by atoms with van der Waals surface area (Å²) in [5.74, 6) is 0.249. The van der Waals surface area contributed by atoms with Gasteiger partial charge in [0.1, 0.15) is 11.8 Å². The molecule has 39 heavy (non-hydrogen) atoms. The summed E-state index contributed by atoms with van der Waals surface area (Å²) < 4.78 is 43.1. The summed E-state index contributed by atoms with van der Waals surface area (Å²) in [7, 11) is 0. The van der Waals surface area contributed by atoms with Crippen LogP contribution in [-0.2, 0) is 22.3 Å². The Morgan fingerprint density at radius 2 is 1.69 bits per heavy atom. The third-order valence-corrected chi connectivity index (χ3v) is 7.82. The molecule has 0 radical (unpaired) electrons. The predicted octanol–water partition coefficient (Wildman–Crippen LogP) is 4.55. The summed E-state index contributed by atoms with van der Waals surface area (Å²) >= 11 is 0. The number of benzene rings is 2. The molecule has 1 unspecified atom stereocenters. The van der Waals surface area contributed by atoms with Crippen LogP contribution < -0.4 is 15.4 Å². The quantitative estimate of drug-likeness (QED) is 0.553. The predicted molar refractivity (Wildman–Crippen MR) is 137 cm³/mol. The van der Waals surface area contributed by atoms with Crippen LogP contribution >= 0.6 is 0 Å². The zero-order valence-electron chi connectivity index (χ0n) is 21.6. The van der Waals surface area contributed by atoms with E-state index in [1.54, 1.807) is 17.0 Å². The van der Waals surface area contributed by atoms with Crippen LogP contribution in [0.1, 0.15) is 77.9 Å². The zero-order valence-corrected chi connectivity index (χ0v) is 21.6. The summed E-state index contributed by atoms with van der Waals surface area (Å²) in [6, 6.07) is 10.6. The highest BCUT2D eigenvalue weighted by Gasteiger charge is 2.39. The number of ether oxygens (including phenoxy) is 1. The van der Waals surface area contributed by atoms with Gasteiger partial charge in [0.25, 0.3) is 5.91 Å². The molecule has 0 spiro atoms. The number of nitrogens with zero attached hydrogens (tertiary/aromatic N) is 1. The van der Waals surface area contributed by atoms with E-state index in [1.165, 1.54) is 31.4 Å². The Kier molecular flexibility index (Phi) is 7.93. The van der Waals surface area contributed by atoms with Crippen LogP contribution in [0, 0.1) is 0 Å². The lowest BCUT2D eigenvalue weighted by Crippen LogP contribution is -2.52. The standard InChI is InChI=1S/C19H22N2O4.C10H10F3N/c22-17-9-8-16(18(23)20-17)21-11-12-10-14(6-7-15(12)19(21)24)25-13-4-2-1-3-5-13;11-10(12,13)9-3-1-2-7(4-9)8-5-14-6-8/h6-7,10,13,16H,1-5,8-9,11H2,(H,20,22,23);1-4,8,14H,5-6H2. The number of carbonyl (C=O) groups excluding carboxylic acids is 3. The summed E-state index contributed by atoms with van der Waals surface area (Å²) in [6.45, 7) is 1.95. The second-order valence-corrected chi connectivity index (χ2v) is 10.6. The van der Waals surface area contributed by atoms with E-state index >= 15 is 0 Å². The van der Waals surface area contributed by atoms with Crippen molar-refractivity contribution in [3.8, 4) is 5.75 Å². The summed E-state index contributed by atoms with van der Waals surface area (Å²) in [6.07, 6.45) is 2.54. The molecule has 2 saturated heterocycles. The number of piperidine rings is 1. The first-order chi connectivity index (χ1) is 18.7. The van der Waals surface area contributed by atoms with Gasteiger partial charge in [-0.2, -0.15) is 13.2 Å². The molecule has 7 nitrogen and oxygen atoms in total. The third-order valence-electron chi connectivity index (χ3n) is 7.82. The van der Waals surface area contributed by atoms with E-state index in [4.69, 9.17) is 4.74 Å². The number of alkyl halides is 3. The number of nitrogens with one attached hydrogen (secondary N) is 2. The van der Waals surface area contributed by atoms with Gasteiger partial charge in [0.15, 0.2) is 0 Å². The van der Waals surface area contributed by atoms with Gasteiger partial charge >= 0.3 is 6.18 Å². The van der Waals surface area contributed by atoms with Gasteiger partial charge in [-0.1, -0.05) is 24.6 Å². The van der Waals surface area contributed by atoms with Crippen LogP contribution in [0.5, 0.6) is 5.75 Å². The number of imide groups is 1. The van der Waals surface area contributed by atoms with E-state index in [0.29, 0.717) is 18.5 Å². The van der Waals surface area contributed by atoms with Gasteiger partial charge in [0, 0.05) is 37.5 Å². The van der Waals surface area contributed by atoms with Crippen LogP contribution in [-0.4, -0.2) is 47.9 Å². The van der Waals surface area contributed by atoms with Gasteiger partial charge in [0.2, 0.25) is 11.8 Å². The first-order valence-electron chi connectivity index (χ1n) is 13.5. The van der Waals surface area contributed by atoms with Crippen LogP contribution in [0.3, 0.4) is 0 Å². The van der Waals surface area contributed by atoms with Crippen molar-refractivity contribution >= 4 is 17.7 Å². The van der Waals surface area contributed by atoms with E-state index in [2.05, 4.69) is 10.6 Å². The molecule has 3 amide bonds. The number of fused-ring (bicyclic) bond motifs is 1. The Morgan fingerprint density at radius 1 is 0.923 bits per heavy atom. The van der Waals surface area contributed by atoms with Crippen molar-refractivity contribution < 1.29 is 32.3 Å². The highest BCUT2D eigenvalue weighted by Crippen LogP contribution is 2.33. The fourth-order valence-electron chi connectivity index (χ4n) is 5.49. The van der Waals surface area contributed by atoms with Crippen molar-refractivity contribution in [2.45, 2.75) is 75.7 Å². The molecule has 1 atom stereocenters. The SMILES string of the molecule is FC(F)(F)c1cccc(C2CNC2)c1.O=C1CCC(N2Cc3cc(OC4CCCCC4)ccc3C2=O)C(=O)N1. The Hall–Kier alpha value is -3.40. The molecule has 3 fully saturated rings. The molecule has 3 heterocycles. The van der Waals surface area contributed by atoms with Crippen molar-refractivity contribution in [1.29, 1.82) is 0 Å². The maximum atomic E-state index is 12.6. The average molecular weight is 544 g/mol. The Bertz CT molecular complexity index is 1240. The molecule has 1 saturated carbocycles. The Balaban J connectivity index is 0.000000186. The van der Waals surface area contributed by atoms with Crippen LogP contribution in [0.4, 0.5) is 13.2 Å². The number of rotatable bonds is 4.